The summed E-state index contributed by atoms with van der Waals surface area (Å²) in [5.74, 6) is -0.222. The van der Waals surface area contributed by atoms with Gasteiger partial charge in [-0.05, 0) is 42.4 Å². The molecule has 0 saturated carbocycles. The number of nitrogens with one attached hydrogen (secondary N) is 1. The smallest absolute Gasteiger partial charge is 0.123 e. The largest absolute Gasteiger partial charge is 0.309 e. The van der Waals surface area contributed by atoms with E-state index in [1.54, 1.807) is 12.1 Å². The fourth-order valence-corrected chi connectivity index (χ4v) is 1.96. The number of benzene rings is 2. The molecule has 0 radical (unpaired) electrons. The van der Waals surface area contributed by atoms with Crippen LogP contribution in [0.15, 0.2) is 48.5 Å². The summed E-state index contributed by atoms with van der Waals surface area (Å²) in [7, 11) is 1.88. The Morgan fingerprint density at radius 2 is 1.41 bits per heavy atom. The van der Waals surface area contributed by atoms with E-state index in [9.17, 15) is 4.39 Å². The van der Waals surface area contributed by atoms with Crippen LogP contribution >= 0.6 is 11.6 Å². The van der Waals surface area contributed by atoms with Gasteiger partial charge in [0.1, 0.15) is 5.82 Å². The first-order valence-corrected chi connectivity index (χ1v) is 5.76. The monoisotopic (exact) mass is 249 g/mol. The van der Waals surface area contributed by atoms with Gasteiger partial charge in [-0.1, -0.05) is 35.9 Å². The van der Waals surface area contributed by atoms with E-state index in [2.05, 4.69) is 5.32 Å². The maximum absolute atomic E-state index is 12.9. The minimum Gasteiger partial charge on any atom is -0.309 e. The van der Waals surface area contributed by atoms with Crippen molar-refractivity contribution in [1.29, 1.82) is 0 Å². The SMILES string of the molecule is CN[C@H](c1ccc(F)cc1)c1ccc(Cl)cc1. The Morgan fingerprint density at radius 1 is 0.941 bits per heavy atom. The lowest BCUT2D eigenvalue weighted by Gasteiger charge is -2.17. The minimum absolute atomic E-state index is 0.0490. The Bertz CT molecular complexity index is 433. The average Bonchev–Trinajstić information content (AvgIpc) is 2.35. The quantitative estimate of drug-likeness (QED) is 0.873. The van der Waals surface area contributed by atoms with Crippen molar-refractivity contribution in [1.82, 2.24) is 5.32 Å². The first-order chi connectivity index (χ1) is 8.20. The second-order valence-electron chi connectivity index (χ2n) is 3.82. The van der Waals surface area contributed by atoms with Gasteiger partial charge in [0.25, 0.3) is 0 Å². The first-order valence-electron chi connectivity index (χ1n) is 5.39. The van der Waals surface area contributed by atoms with Crippen LogP contribution < -0.4 is 5.32 Å². The maximum Gasteiger partial charge on any atom is 0.123 e. The van der Waals surface area contributed by atoms with E-state index in [-0.39, 0.29) is 11.9 Å². The fraction of sp³-hybridized carbons (Fsp3) is 0.143. The van der Waals surface area contributed by atoms with Crippen LogP contribution in [0.1, 0.15) is 17.2 Å². The van der Waals surface area contributed by atoms with Gasteiger partial charge in [0.2, 0.25) is 0 Å². The van der Waals surface area contributed by atoms with Crippen molar-refractivity contribution in [3.05, 3.63) is 70.5 Å². The third-order valence-corrected chi connectivity index (χ3v) is 2.95. The van der Waals surface area contributed by atoms with Crippen LogP contribution in [-0.4, -0.2) is 7.05 Å². The summed E-state index contributed by atoms with van der Waals surface area (Å²) in [4.78, 5) is 0. The Kier molecular flexibility index (Phi) is 3.77. The number of rotatable bonds is 3. The molecule has 2 aromatic rings. The zero-order valence-electron chi connectivity index (χ0n) is 9.45. The molecule has 1 N–H and O–H groups in total. The molecule has 2 aromatic carbocycles. The van der Waals surface area contributed by atoms with E-state index in [1.807, 2.05) is 31.3 Å². The van der Waals surface area contributed by atoms with E-state index < -0.39 is 0 Å². The van der Waals surface area contributed by atoms with Crippen molar-refractivity contribution in [2.24, 2.45) is 0 Å². The average molecular weight is 250 g/mol. The second-order valence-corrected chi connectivity index (χ2v) is 4.26. The van der Waals surface area contributed by atoms with Crippen LogP contribution in [0.5, 0.6) is 0 Å². The predicted octanol–water partition coefficient (Wildman–Crippen LogP) is 3.79. The molecule has 17 heavy (non-hydrogen) atoms. The van der Waals surface area contributed by atoms with Crippen molar-refractivity contribution >= 4 is 11.6 Å². The molecule has 0 bridgehead atoms. The molecule has 0 aliphatic carbocycles. The first kappa shape index (κ1) is 12.1. The molecule has 0 aromatic heterocycles. The van der Waals surface area contributed by atoms with Crippen LogP contribution in [-0.2, 0) is 0 Å². The van der Waals surface area contributed by atoms with Gasteiger partial charge in [-0.3, -0.25) is 0 Å². The normalized spacial score (nSPS) is 12.4. The van der Waals surface area contributed by atoms with Gasteiger partial charge in [-0.25, -0.2) is 4.39 Å². The molecule has 2 rings (SSSR count). The molecule has 1 atom stereocenters. The summed E-state index contributed by atoms with van der Waals surface area (Å²) in [6.07, 6.45) is 0. The standard InChI is InChI=1S/C14H13ClFN/c1-17-14(10-2-6-12(15)7-3-10)11-4-8-13(16)9-5-11/h2-9,14,17H,1H3/t14-/m0/s1. The minimum atomic E-state index is -0.222. The second kappa shape index (κ2) is 5.30. The Morgan fingerprint density at radius 3 is 1.88 bits per heavy atom. The number of hydrogen-bond donors (Lipinski definition) is 1. The predicted molar refractivity (Wildman–Crippen MR) is 68.8 cm³/mol. The summed E-state index contributed by atoms with van der Waals surface area (Å²) in [6.45, 7) is 0. The van der Waals surface area contributed by atoms with Gasteiger partial charge in [-0.15, -0.1) is 0 Å². The van der Waals surface area contributed by atoms with Crippen molar-refractivity contribution in [2.75, 3.05) is 7.05 Å². The zero-order chi connectivity index (χ0) is 12.3. The molecule has 1 nitrogen and oxygen atoms in total. The van der Waals surface area contributed by atoms with Gasteiger partial charge in [-0.2, -0.15) is 0 Å². The van der Waals surface area contributed by atoms with Gasteiger partial charge < -0.3 is 5.32 Å². The van der Waals surface area contributed by atoms with Crippen LogP contribution in [0.4, 0.5) is 4.39 Å². The van der Waals surface area contributed by atoms with Crippen molar-refractivity contribution < 1.29 is 4.39 Å². The molecule has 3 heteroatoms. The Balaban J connectivity index is 2.33. The lowest BCUT2D eigenvalue weighted by atomic mass is 9.99. The van der Waals surface area contributed by atoms with E-state index in [1.165, 1.54) is 12.1 Å². The van der Waals surface area contributed by atoms with E-state index in [0.717, 1.165) is 11.1 Å². The van der Waals surface area contributed by atoms with Crippen LogP contribution in [0.25, 0.3) is 0 Å². The third kappa shape index (κ3) is 2.84. The lowest BCUT2D eigenvalue weighted by molar-refractivity contribution is 0.623. The number of halogens is 2. The fourth-order valence-electron chi connectivity index (χ4n) is 1.84. The molecule has 0 unspecified atom stereocenters. The summed E-state index contributed by atoms with van der Waals surface area (Å²) in [6, 6.07) is 14.2. The summed E-state index contributed by atoms with van der Waals surface area (Å²) in [5.41, 5.74) is 2.12. The van der Waals surface area contributed by atoms with E-state index in [4.69, 9.17) is 11.6 Å². The molecule has 0 aliphatic rings. The Labute approximate surface area is 105 Å². The van der Waals surface area contributed by atoms with Gasteiger partial charge in [0.05, 0.1) is 6.04 Å². The molecule has 0 amide bonds. The van der Waals surface area contributed by atoms with Crippen molar-refractivity contribution in [3.8, 4) is 0 Å². The van der Waals surface area contributed by atoms with Gasteiger partial charge >= 0.3 is 0 Å². The van der Waals surface area contributed by atoms with E-state index in [0.29, 0.717) is 5.02 Å². The van der Waals surface area contributed by atoms with Gasteiger partial charge in [0.15, 0.2) is 0 Å². The van der Waals surface area contributed by atoms with Crippen molar-refractivity contribution in [3.63, 3.8) is 0 Å². The van der Waals surface area contributed by atoms with Crippen LogP contribution in [0.2, 0.25) is 5.02 Å². The molecular weight excluding hydrogens is 237 g/mol. The third-order valence-electron chi connectivity index (χ3n) is 2.70. The molecule has 0 spiro atoms. The highest BCUT2D eigenvalue weighted by Gasteiger charge is 2.11. The number of hydrogen-bond acceptors (Lipinski definition) is 1. The molecule has 0 aliphatic heterocycles. The van der Waals surface area contributed by atoms with Crippen LogP contribution in [0.3, 0.4) is 0 Å². The van der Waals surface area contributed by atoms with Crippen LogP contribution in [0, 0.1) is 5.82 Å². The Hall–Kier alpha value is -1.38. The summed E-state index contributed by atoms with van der Waals surface area (Å²) < 4.78 is 12.9. The highest BCUT2D eigenvalue weighted by Crippen LogP contribution is 2.23. The molecule has 0 heterocycles. The van der Waals surface area contributed by atoms with Crippen molar-refractivity contribution in [2.45, 2.75) is 6.04 Å². The maximum atomic E-state index is 12.9. The lowest BCUT2D eigenvalue weighted by Crippen LogP contribution is -2.17. The van der Waals surface area contributed by atoms with E-state index >= 15 is 0 Å². The molecule has 0 saturated heterocycles. The zero-order valence-corrected chi connectivity index (χ0v) is 10.2. The molecule has 88 valence electrons. The summed E-state index contributed by atoms with van der Waals surface area (Å²) in [5, 5.41) is 3.92. The molecule has 0 fully saturated rings. The van der Waals surface area contributed by atoms with Gasteiger partial charge in [0, 0.05) is 5.02 Å². The highest BCUT2D eigenvalue weighted by molar-refractivity contribution is 6.30. The summed E-state index contributed by atoms with van der Waals surface area (Å²) >= 11 is 5.86. The highest BCUT2D eigenvalue weighted by atomic mass is 35.5. The molecular formula is C14H13ClFN. The topological polar surface area (TPSA) is 12.0 Å².